The zero-order chi connectivity index (χ0) is 14.0. The lowest BCUT2D eigenvalue weighted by molar-refractivity contribution is 0.0514. The molecule has 0 amide bonds. The molecule has 0 spiro atoms. The molecule has 0 atom stereocenters. The number of nitrogens with zero attached hydrogens (tertiary/aromatic N) is 2. The van der Waals surface area contributed by atoms with Gasteiger partial charge in [0.15, 0.2) is 0 Å². The van der Waals surface area contributed by atoms with Crippen LogP contribution in [0.1, 0.15) is 20.8 Å². The van der Waals surface area contributed by atoms with Crippen molar-refractivity contribution in [3.05, 3.63) is 42.5 Å². The number of rotatable bonds is 1. The number of hydrogen-bond acceptors (Lipinski definition) is 3. The second-order valence-electron chi connectivity index (χ2n) is 5.16. The molecule has 0 N–H and O–H groups in total. The number of hydrogen-bond donors (Lipinski definition) is 0. The van der Waals surface area contributed by atoms with Crippen LogP contribution in [0.3, 0.4) is 0 Å². The number of carbonyl (C=O) groups is 1. The molecule has 0 aliphatic heterocycles. The van der Waals surface area contributed by atoms with Crippen LogP contribution in [0.4, 0.5) is 9.18 Å². The summed E-state index contributed by atoms with van der Waals surface area (Å²) in [6, 6.07) is 5.98. The smallest absolute Gasteiger partial charge is 0.435 e. The van der Waals surface area contributed by atoms with Crippen molar-refractivity contribution < 1.29 is 13.9 Å². The van der Waals surface area contributed by atoms with Gasteiger partial charge in [-0.25, -0.2) is 9.18 Å². The highest BCUT2D eigenvalue weighted by molar-refractivity contribution is 5.72. The molecule has 0 aliphatic rings. The topological polar surface area (TPSA) is 44.1 Å². The van der Waals surface area contributed by atoms with E-state index >= 15 is 0 Å². The van der Waals surface area contributed by atoms with Gasteiger partial charge in [-0.15, -0.1) is 0 Å². The molecule has 0 fully saturated rings. The van der Waals surface area contributed by atoms with Gasteiger partial charge in [0, 0.05) is 11.8 Å². The summed E-state index contributed by atoms with van der Waals surface area (Å²) in [4.78, 5) is 11.8. The summed E-state index contributed by atoms with van der Waals surface area (Å²) in [5.41, 5.74) is 0.945. The summed E-state index contributed by atoms with van der Waals surface area (Å²) >= 11 is 0. The van der Waals surface area contributed by atoms with Gasteiger partial charge in [0.25, 0.3) is 0 Å². The number of aromatic nitrogens is 2. The minimum atomic E-state index is -0.570. The van der Waals surface area contributed by atoms with E-state index in [2.05, 4.69) is 5.10 Å². The highest BCUT2D eigenvalue weighted by atomic mass is 19.1. The molecular weight excluding hydrogens is 247 g/mol. The Kier molecular flexibility index (Phi) is 3.38. The molecule has 5 heteroatoms. The minimum absolute atomic E-state index is 0.303. The Hall–Kier alpha value is -2.17. The van der Waals surface area contributed by atoms with E-state index in [1.54, 1.807) is 39.1 Å². The minimum Gasteiger partial charge on any atom is -0.442 e. The first-order chi connectivity index (χ1) is 8.85. The molecule has 100 valence electrons. The predicted molar refractivity (Wildman–Crippen MR) is 69.3 cm³/mol. The van der Waals surface area contributed by atoms with Gasteiger partial charge in [-0.05, 0) is 38.5 Å². The quantitative estimate of drug-likeness (QED) is 0.790. The Morgan fingerprint density at radius 1 is 1.21 bits per heavy atom. The largest absolute Gasteiger partial charge is 0.442 e. The summed E-state index contributed by atoms with van der Waals surface area (Å²) in [7, 11) is 0. The first kappa shape index (κ1) is 13.3. The first-order valence-corrected chi connectivity index (χ1v) is 5.89. The zero-order valence-electron chi connectivity index (χ0n) is 11.1. The van der Waals surface area contributed by atoms with Gasteiger partial charge in [0.2, 0.25) is 0 Å². The van der Waals surface area contributed by atoms with Gasteiger partial charge in [0.1, 0.15) is 11.4 Å². The summed E-state index contributed by atoms with van der Waals surface area (Å²) in [6.07, 6.45) is 2.55. The van der Waals surface area contributed by atoms with Crippen molar-refractivity contribution in [2.75, 3.05) is 0 Å². The lowest BCUT2D eigenvalue weighted by Crippen LogP contribution is -2.27. The second kappa shape index (κ2) is 4.84. The normalized spacial score (nSPS) is 11.4. The van der Waals surface area contributed by atoms with Crippen molar-refractivity contribution in [1.29, 1.82) is 0 Å². The van der Waals surface area contributed by atoms with Gasteiger partial charge in [-0.3, -0.25) is 0 Å². The Bertz CT molecular complexity index is 582. The molecule has 19 heavy (non-hydrogen) atoms. The third-order valence-electron chi connectivity index (χ3n) is 2.34. The average Bonchev–Trinajstić information content (AvgIpc) is 2.77. The van der Waals surface area contributed by atoms with Gasteiger partial charge in [0.05, 0.1) is 6.20 Å². The van der Waals surface area contributed by atoms with E-state index in [1.807, 2.05) is 0 Å². The van der Waals surface area contributed by atoms with Gasteiger partial charge in [-0.2, -0.15) is 9.78 Å². The molecule has 2 aromatic rings. The van der Waals surface area contributed by atoms with Crippen LogP contribution in [-0.4, -0.2) is 21.5 Å². The van der Waals surface area contributed by atoms with Crippen LogP contribution in [-0.2, 0) is 4.74 Å². The summed E-state index contributed by atoms with van der Waals surface area (Å²) < 4.78 is 19.1. The summed E-state index contributed by atoms with van der Waals surface area (Å²) in [6.45, 7) is 5.36. The molecule has 0 bridgehead atoms. The van der Waals surface area contributed by atoms with Crippen molar-refractivity contribution in [3.63, 3.8) is 0 Å². The maximum atomic E-state index is 12.8. The average molecular weight is 262 g/mol. The summed E-state index contributed by atoms with van der Waals surface area (Å²) in [5.74, 6) is -0.303. The van der Waals surface area contributed by atoms with Crippen molar-refractivity contribution in [2.24, 2.45) is 0 Å². The van der Waals surface area contributed by atoms with Gasteiger partial charge < -0.3 is 4.74 Å². The Labute approximate surface area is 110 Å². The van der Waals surface area contributed by atoms with Crippen LogP contribution in [0.2, 0.25) is 0 Å². The molecule has 1 aromatic carbocycles. The molecule has 0 saturated heterocycles. The third-order valence-corrected chi connectivity index (χ3v) is 2.34. The van der Waals surface area contributed by atoms with Crippen molar-refractivity contribution >= 4 is 6.09 Å². The van der Waals surface area contributed by atoms with Crippen molar-refractivity contribution in [2.45, 2.75) is 26.4 Å². The predicted octanol–water partition coefficient (Wildman–Crippen LogP) is 3.47. The molecule has 4 nitrogen and oxygen atoms in total. The van der Waals surface area contributed by atoms with Gasteiger partial charge in [-0.1, -0.05) is 12.1 Å². The van der Waals surface area contributed by atoms with Crippen molar-refractivity contribution in [3.8, 4) is 11.1 Å². The summed E-state index contributed by atoms with van der Waals surface area (Å²) in [5, 5.41) is 3.95. The molecule has 0 radical (unpaired) electrons. The highest BCUT2D eigenvalue weighted by Gasteiger charge is 2.18. The standard InChI is InChI=1S/C14H15FN2O2/c1-14(2,3)19-13(18)17-9-11(8-16-17)10-4-6-12(15)7-5-10/h4-9H,1-3H3. The monoisotopic (exact) mass is 262 g/mol. The van der Waals surface area contributed by atoms with Crippen LogP contribution in [0.15, 0.2) is 36.7 Å². The van der Waals surface area contributed by atoms with E-state index in [0.29, 0.717) is 0 Å². The Morgan fingerprint density at radius 2 is 1.84 bits per heavy atom. The fourth-order valence-electron chi connectivity index (χ4n) is 1.52. The van der Waals surface area contributed by atoms with Crippen LogP contribution < -0.4 is 0 Å². The van der Waals surface area contributed by atoms with Gasteiger partial charge >= 0.3 is 6.09 Å². The molecule has 1 heterocycles. The van der Waals surface area contributed by atoms with E-state index < -0.39 is 11.7 Å². The fourth-order valence-corrected chi connectivity index (χ4v) is 1.52. The maximum absolute atomic E-state index is 12.8. The Morgan fingerprint density at radius 3 is 2.42 bits per heavy atom. The Balaban J connectivity index is 2.19. The number of halogens is 1. The number of carbonyl (C=O) groups excluding carboxylic acids is 1. The van der Waals surface area contributed by atoms with Crippen LogP contribution in [0.25, 0.3) is 11.1 Å². The number of benzene rings is 1. The lowest BCUT2D eigenvalue weighted by atomic mass is 10.1. The first-order valence-electron chi connectivity index (χ1n) is 5.89. The molecule has 0 unspecified atom stereocenters. The number of ether oxygens (including phenoxy) is 1. The van der Waals surface area contributed by atoms with Crippen LogP contribution in [0.5, 0.6) is 0 Å². The third kappa shape index (κ3) is 3.40. The van der Waals surface area contributed by atoms with Crippen molar-refractivity contribution in [1.82, 2.24) is 9.78 Å². The van der Waals surface area contributed by atoms with E-state index in [4.69, 9.17) is 4.74 Å². The fraction of sp³-hybridized carbons (Fsp3) is 0.286. The van der Waals surface area contributed by atoms with Crippen LogP contribution >= 0.6 is 0 Å². The second-order valence-corrected chi connectivity index (χ2v) is 5.16. The molecule has 2 rings (SSSR count). The highest BCUT2D eigenvalue weighted by Crippen LogP contribution is 2.19. The van der Waals surface area contributed by atoms with E-state index in [9.17, 15) is 9.18 Å². The molecule has 0 aliphatic carbocycles. The van der Waals surface area contributed by atoms with E-state index in [-0.39, 0.29) is 5.82 Å². The van der Waals surface area contributed by atoms with E-state index in [0.717, 1.165) is 15.8 Å². The maximum Gasteiger partial charge on any atom is 0.435 e. The van der Waals surface area contributed by atoms with Crippen LogP contribution in [0, 0.1) is 5.82 Å². The molecule has 0 saturated carbocycles. The van der Waals surface area contributed by atoms with E-state index in [1.165, 1.54) is 18.3 Å². The zero-order valence-corrected chi connectivity index (χ0v) is 11.1. The molecular formula is C14H15FN2O2. The SMILES string of the molecule is CC(C)(C)OC(=O)n1cc(-c2ccc(F)cc2)cn1. The molecule has 1 aromatic heterocycles. The lowest BCUT2D eigenvalue weighted by Gasteiger charge is -2.18.